The molecule has 0 aromatic rings. The Morgan fingerprint density at radius 2 is 1.06 bits per heavy atom. The zero-order valence-corrected chi connectivity index (χ0v) is 9.94. The van der Waals surface area contributed by atoms with Crippen LogP contribution in [0.25, 0.3) is 0 Å². The van der Waals surface area contributed by atoms with Crippen molar-refractivity contribution >= 4 is 11.7 Å². The average molecular weight is 232 g/mol. The number of nitrogens with zero attached hydrogens (tertiary/aromatic N) is 2. The molecular weight excluding hydrogens is 212 g/mol. The van der Waals surface area contributed by atoms with Crippen molar-refractivity contribution in [2.24, 2.45) is 21.7 Å². The topological polar surface area (TPSA) is 165 Å². The molecule has 0 amide bonds. The van der Waals surface area contributed by atoms with Crippen molar-refractivity contribution in [2.75, 3.05) is 0 Å². The maximum absolute atomic E-state index is 7.25. The van der Waals surface area contributed by atoms with E-state index in [1.54, 1.807) is 27.7 Å². The summed E-state index contributed by atoms with van der Waals surface area (Å²) >= 11 is 0. The van der Waals surface area contributed by atoms with Crippen molar-refractivity contribution in [1.29, 1.82) is 10.8 Å². The summed E-state index contributed by atoms with van der Waals surface area (Å²) in [6.45, 7) is 6.70. The van der Waals surface area contributed by atoms with Gasteiger partial charge in [-0.3, -0.25) is 21.3 Å². The molecule has 0 spiro atoms. The first-order valence-corrected chi connectivity index (χ1v) is 4.42. The predicted octanol–water partition coefficient (Wildman–Crippen LogP) is 0.885. The highest BCUT2D eigenvalue weighted by atomic mass is 17.0. The minimum Gasteiger partial charge on any atom is -0.386 e. The zero-order chi connectivity index (χ0) is 13.6. The zero-order valence-electron chi connectivity index (χ0n) is 9.94. The molecule has 0 saturated heterocycles. The first-order valence-electron chi connectivity index (χ1n) is 4.42. The number of nitrogens with one attached hydrogen (secondary N) is 2. The average Bonchev–Trinajstić information content (AvgIpc) is 2.18. The summed E-state index contributed by atoms with van der Waals surface area (Å²) in [5, 5.41) is 34.3. The van der Waals surface area contributed by atoms with Crippen LogP contribution in [0, 0.1) is 10.8 Å². The Balaban J connectivity index is 0. The SMILES string of the molecule is CC(C)(/N=N/C(C)(C)C(=N)N)C(=N)N.OO. The molecule has 0 unspecified atom stereocenters. The molecule has 0 heterocycles. The van der Waals surface area contributed by atoms with E-state index in [1.165, 1.54) is 0 Å². The largest absolute Gasteiger partial charge is 0.386 e. The summed E-state index contributed by atoms with van der Waals surface area (Å²) < 4.78 is 0. The normalized spacial score (nSPS) is 11.9. The van der Waals surface area contributed by atoms with Gasteiger partial charge in [0.1, 0.15) is 22.7 Å². The Kier molecular flexibility index (Phi) is 6.47. The molecule has 16 heavy (non-hydrogen) atoms. The third kappa shape index (κ3) is 5.37. The smallest absolute Gasteiger partial charge is 0.132 e. The Morgan fingerprint density at radius 1 is 0.875 bits per heavy atom. The van der Waals surface area contributed by atoms with E-state index in [9.17, 15) is 0 Å². The molecule has 0 aliphatic carbocycles. The monoisotopic (exact) mass is 232 g/mol. The maximum Gasteiger partial charge on any atom is 0.132 e. The summed E-state index contributed by atoms with van der Waals surface area (Å²) in [4.78, 5) is 0. The van der Waals surface area contributed by atoms with Crippen LogP contribution in [0.15, 0.2) is 10.2 Å². The summed E-state index contributed by atoms with van der Waals surface area (Å²) in [5.74, 6) is -0.138. The maximum atomic E-state index is 7.25. The number of amidine groups is 2. The van der Waals surface area contributed by atoms with E-state index in [4.69, 9.17) is 32.8 Å². The standard InChI is InChI=1S/C8H18N6.H2O2/c1-7(2,5(9)10)13-14-8(3,4)6(11)12;1-2/h1-4H3,(H3,9,10)(H3,11,12);1-2H/b14-13+;. The fourth-order valence-electron chi connectivity index (χ4n) is 0.358. The van der Waals surface area contributed by atoms with Crippen molar-refractivity contribution in [1.82, 2.24) is 0 Å². The summed E-state index contributed by atoms with van der Waals surface area (Å²) in [7, 11) is 0. The second kappa shape index (κ2) is 6.13. The van der Waals surface area contributed by atoms with Gasteiger partial charge in [0, 0.05) is 0 Å². The second-order valence-corrected chi connectivity index (χ2v) is 4.15. The number of hydrogen-bond donors (Lipinski definition) is 6. The number of nitrogens with two attached hydrogens (primary N) is 2. The van der Waals surface area contributed by atoms with Gasteiger partial charge in [0.15, 0.2) is 0 Å². The third-order valence-electron chi connectivity index (χ3n) is 1.87. The van der Waals surface area contributed by atoms with Gasteiger partial charge in [-0.15, -0.1) is 0 Å². The highest BCUT2D eigenvalue weighted by molar-refractivity contribution is 5.87. The second-order valence-electron chi connectivity index (χ2n) is 4.15. The van der Waals surface area contributed by atoms with Crippen LogP contribution in [0.4, 0.5) is 0 Å². The molecule has 0 aromatic carbocycles. The van der Waals surface area contributed by atoms with Gasteiger partial charge in [-0.05, 0) is 27.7 Å². The fraction of sp³-hybridized carbons (Fsp3) is 0.750. The summed E-state index contributed by atoms with van der Waals surface area (Å²) in [5.41, 5.74) is 8.96. The van der Waals surface area contributed by atoms with Crippen LogP contribution in [0.2, 0.25) is 0 Å². The first kappa shape index (κ1) is 16.9. The number of azo groups is 1. The van der Waals surface area contributed by atoms with Gasteiger partial charge < -0.3 is 11.5 Å². The van der Waals surface area contributed by atoms with E-state index in [-0.39, 0.29) is 11.7 Å². The van der Waals surface area contributed by atoms with E-state index in [0.717, 1.165) is 0 Å². The summed E-state index contributed by atoms with van der Waals surface area (Å²) in [6.07, 6.45) is 0. The lowest BCUT2D eigenvalue weighted by atomic mass is 10.1. The van der Waals surface area contributed by atoms with Crippen LogP contribution in [0.5, 0.6) is 0 Å². The lowest BCUT2D eigenvalue weighted by Gasteiger charge is -2.20. The van der Waals surface area contributed by atoms with Crippen LogP contribution in [-0.2, 0) is 0 Å². The van der Waals surface area contributed by atoms with Gasteiger partial charge in [0.25, 0.3) is 0 Å². The van der Waals surface area contributed by atoms with Gasteiger partial charge >= 0.3 is 0 Å². The molecule has 0 aromatic heterocycles. The van der Waals surface area contributed by atoms with Crippen molar-refractivity contribution in [3.63, 3.8) is 0 Å². The molecule has 0 bridgehead atoms. The van der Waals surface area contributed by atoms with Crippen LogP contribution >= 0.6 is 0 Å². The van der Waals surface area contributed by atoms with Crippen molar-refractivity contribution in [3.8, 4) is 0 Å². The van der Waals surface area contributed by atoms with Crippen molar-refractivity contribution in [3.05, 3.63) is 0 Å². The van der Waals surface area contributed by atoms with E-state index in [0.29, 0.717) is 0 Å². The Morgan fingerprint density at radius 3 is 1.19 bits per heavy atom. The minimum absolute atomic E-state index is 0.0689. The molecule has 0 aliphatic rings. The molecule has 8 heteroatoms. The third-order valence-corrected chi connectivity index (χ3v) is 1.87. The van der Waals surface area contributed by atoms with Crippen LogP contribution < -0.4 is 11.5 Å². The fourth-order valence-corrected chi connectivity index (χ4v) is 0.358. The molecule has 0 saturated carbocycles. The van der Waals surface area contributed by atoms with Gasteiger partial charge in [0.2, 0.25) is 0 Å². The molecule has 8 nitrogen and oxygen atoms in total. The molecule has 0 rings (SSSR count). The molecule has 0 atom stereocenters. The van der Waals surface area contributed by atoms with E-state index < -0.39 is 11.1 Å². The minimum atomic E-state index is -0.841. The van der Waals surface area contributed by atoms with E-state index in [2.05, 4.69) is 10.2 Å². The molecular formula is C8H20N6O2. The lowest BCUT2D eigenvalue weighted by Crippen LogP contribution is -2.38. The first-order chi connectivity index (χ1) is 7.09. The molecule has 0 aliphatic heterocycles. The Hall–Kier alpha value is -1.54. The van der Waals surface area contributed by atoms with E-state index >= 15 is 0 Å². The van der Waals surface area contributed by atoms with E-state index in [1.807, 2.05) is 0 Å². The number of rotatable bonds is 4. The lowest BCUT2D eigenvalue weighted by molar-refractivity contribution is -0.176. The highest BCUT2D eigenvalue weighted by Gasteiger charge is 2.25. The van der Waals surface area contributed by atoms with Crippen molar-refractivity contribution in [2.45, 2.75) is 38.8 Å². The summed E-state index contributed by atoms with van der Waals surface area (Å²) in [6, 6.07) is 0. The molecule has 8 N–H and O–H groups in total. The van der Waals surface area contributed by atoms with Gasteiger partial charge in [-0.2, -0.15) is 10.2 Å². The Labute approximate surface area is 94.3 Å². The molecule has 94 valence electrons. The van der Waals surface area contributed by atoms with Crippen LogP contribution in [0.1, 0.15) is 27.7 Å². The van der Waals surface area contributed by atoms with Crippen LogP contribution in [-0.4, -0.2) is 33.3 Å². The van der Waals surface area contributed by atoms with Crippen molar-refractivity contribution < 1.29 is 10.5 Å². The quantitative estimate of drug-likeness (QED) is 0.139. The van der Waals surface area contributed by atoms with Gasteiger partial charge in [-0.25, -0.2) is 0 Å². The molecule has 0 fully saturated rings. The highest BCUT2D eigenvalue weighted by Crippen LogP contribution is 2.15. The molecule has 0 radical (unpaired) electrons. The van der Waals surface area contributed by atoms with Crippen LogP contribution in [0.3, 0.4) is 0 Å². The van der Waals surface area contributed by atoms with Gasteiger partial charge in [0.05, 0.1) is 0 Å². The Bertz CT molecular complexity index is 256. The number of hydrogen-bond acceptors (Lipinski definition) is 6. The predicted molar refractivity (Wildman–Crippen MR) is 62.1 cm³/mol. The van der Waals surface area contributed by atoms with Gasteiger partial charge in [-0.1, -0.05) is 0 Å².